The predicted molar refractivity (Wildman–Crippen MR) is 119 cm³/mol. The summed E-state index contributed by atoms with van der Waals surface area (Å²) in [6.45, 7) is 3.31. The molecule has 3 aromatic rings. The van der Waals surface area contributed by atoms with E-state index >= 15 is 0 Å². The molecule has 1 aliphatic carbocycles. The van der Waals surface area contributed by atoms with Gasteiger partial charge >= 0.3 is 0 Å². The number of amides is 1. The van der Waals surface area contributed by atoms with E-state index in [1.807, 2.05) is 19.2 Å². The van der Waals surface area contributed by atoms with E-state index in [9.17, 15) is 4.79 Å². The molecule has 1 aromatic carbocycles. The Morgan fingerprint density at radius 2 is 2.23 bits per heavy atom. The highest BCUT2D eigenvalue weighted by Crippen LogP contribution is 2.41. The smallest absolute Gasteiger partial charge is 0.223 e. The van der Waals surface area contributed by atoms with Gasteiger partial charge in [0, 0.05) is 23.6 Å². The molecule has 1 unspecified atom stereocenters. The second kappa shape index (κ2) is 7.68. The first-order chi connectivity index (χ1) is 14.7. The highest BCUT2D eigenvalue weighted by Gasteiger charge is 2.29. The monoisotopic (exact) mass is 421 g/mol. The minimum Gasteiger partial charge on any atom is -0.495 e. The van der Waals surface area contributed by atoms with Crippen LogP contribution in [0.1, 0.15) is 34.9 Å². The van der Waals surface area contributed by atoms with Crippen molar-refractivity contribution < 1.29 is 9.53 Å². The van der Waals surface area contributed by atoms with Crippen molar-refractivity contribution in [3.63, 3.8) is 0 Å². The molecule has 0 bridgehead atoms. The van der Waals surface area contributed by atoms with Crippen LogP contribution in [0.3, 0.4) is 0 Å². The number of carbonyl (C=O) groups is 1. The number of ether oxygens (including phenoxy) is 1. The number of nitrogens with one attached hydrogen (secondary N) is 2. The lowest BCUT2D eigenvalue weighted by atomic mass is 9.87. The largest absolute Gasteiger partial charge is 0.495 e. The summed E-state index contributed by atoms with van der Waals surface area (Å²) in [5.74, 6) is 1.73. The number of aryl methyl sites for hydroxylation is 1. The fourth-order valence-corrected chi connectivity index (χ4v) is 5.55. The molecule has 0 saturated heterocycles. The molecular weight excluding hydrogens is 398 g/mol. The lowest BCUT2D eigenvalue weighted by molar-refractivity contribution is -0.125. The Morgan fingerprint density at radius 3 is 3.07 bits per heavy atom. The summed E-state index contributed by atoms with van der Waals surface area (Å²) < 4.78 is 5.61. The maximum absolute atomic E-state index is 12.3. The van der Waals surface area contributed by atoms with Crippen molar-refractivity contribution in [2.75, 3.05) is 19.0 Å². The maximum Gasteiger partial charge on any atom is 0.223 e. The van der Waals surface area contributed by atoms with Gasteiger partial charge < -0.3 is 15.4 Å². The van der Waals surface area contributed by atoms with Crippen molar-refractivity contribution in [3.8, 4) is 5.75 Å². The molecule has 1 atom stereocenters. The molecule has 154 valence electrons. The predicted octanol–water partition coefficient (Wildman–Crippen LogP) is 3.62. The van der Waals surface area contributed by atoms with Gasteiger partial charge in [0.2, 0.25) is 5.91 Å². The molecule has 0 saturated carbocycles. The SMILES string of the molecule is CCNC(=O)C1CCc2c(sc3ncnc(Nc4cc5c(cc4OC)CN=C5)c23)C1. The molecule has 1 aliphatic heterocycles. The Bertz CT molecular complexity index is 1170. The van der Waals surface area contributed by atoms with Crippen LogP contribution in [0, 0.1) is 5.92 Å². The van der Waals surface area contributed by atoms with Crippen molar-refractivity contribution in [1.82, 2.24) is 15.3 Å². The number of carbonyl (C=O) groups excluding carboxylic acids is 1. The van der Waals surface area contributed by atoms with Crippen molar-refractivity contribution >= 4 is 45.2 Å². The van der Waals surface area contributed by atoms with E-state index in [2.05, 4.69) is 31.7 Å². The van der Waals surface area contributed by atoms with E-state index in [4.69, 9.17) is 4.74 Å². The molecule has 0 fully saturated rings. The summed E-state index contributed by atoms with van der Waals surface area (Å²) in [5, 5.41) is 7.49. The molecule has 30 heavy (non-hydrogen) atoms. The number of anilines is 2. The third-order valence-electron chi connectivity index (χ3n) is 5.77. The lowest BCUT2D eigenvalue weighted by Crippen LogP contribution is -2.33. The van der Waals surface area contributed by atoms with Crippen LogP contribution in [-0.2, 0) is 24.2 Å². The van der Waals surface area contributed by atoms with E-state index in [1.54, 1.807) is 24.8 Å². The number of hydrogen-bond donors (Lipinski definition) is 2. The first-order valence-electron chi connectivity index (χ1n) is 10.2. The van der Waals surface area contributed by atoms with Gasteiger partial charge in [-0.2, -0.15) is 0 Å². The average Bonchev–Trinajstić information content (AvgIpc) is 3.36. The number of fused-ring (bicyclic) bond motifs is 4. The van der Waals surface area contributed by atoms with Gasteiger partial charge in [0.25, 0.3) is 0 Å². The zero-order valence-electron chi connectivity index (χ0n) is 17.0. The van der Waals surface area contributed by atoms with E-state index in [-0.39, 0.29) is 11.8 Å². The first kappa shape index (κ1) is 19.0. The average molecular weight is 422 g/mol. The number of aromatic nitrogens is 2. The molecule has 2 aromatic heterocycles. The van der Waals surface area contributed by atoms with Crippen molar-refractivity contribution in [2.45, 2.75) is 32.7 Å². The lowest BCUT2D eigenvalue weighted by Gasteiger charge is -2.21. The molecular formula is C22H23N5O2S. The van der Waals surface area contributed by atoms with Gasteiger partial charge in [0.1, 0.15) is 22.7 Å². The number of benzene rings is 1. The molecule has 7 nitrogen and oxygen atoms in total. The summed E-state index contributed by atoms with van der Waals surface area (Å²) in [7, 11) is 1.67. The third kappa shape index (κ3) is 3.21. The molecule has 1 amide bonds. The van der Waals surface area contributed by atoms with Gasteiger partial charge in [-0.3, -0.25) is 9.79 Å². The number of hydrogen-bond acceptors (Lipinski definition) is 7. The fraction of sp³-hybridized carbons (Fsp3) is 0.364. The Hall–Kier alpha value is -3.00. The number of rotatable bonds is 5. The third-order valence-corrected chi connectivity index (χ3v) is 6.94. The topological polar surface area (TPSA) is 88.5 Å². The van der Waals surface area contributed by atoms with Gasteiger partial charge in [-0.25, -0.2) is 9.97 Å². The zero-order valence-corrected chi connectivity index (χ0v) is 17.8. The van der Waals surface area contributed by atoms with Gasteiger partial charge in [-0.05, 0) is 55.0 Å². The minimum absolute atomic E-state index is 0.0333. The summed E-state index contributed by atoms with van der Waals surface area (Å²) >= 11 is 1.67. The van der Waals surface area contributed by atoms with E-state index < -0.39 is 0 Å². The van der Waals surface area contributed by atoms with Gasteiger partial charge in [-0.1, -0.05) is 0 Å². The van der Waals surface area contributed by atoms with Gasteiger partial charge in [-0.15, -0.1) is 11.3 Å². The van der Waals surface area contributed by atoms with Crippen LogP contribution in [0.4, 0.5) is 11.5 Å². The summed E-state index contributed by atoms with van der Waals surface area (Å²) in [6, 6.07) is 4.09. The van der Waals surface area contributed by atoms with Crippen LogP contribution in [0.25, 0.3) is 10.2 Å². The zero-order chi connectivity index (χ0) is 20.7. The van der Waals surface area contributed by atoms with Gasteiger partial charge in [0.05, 0.1) is 24.7 Å². The Kier molecular flexibility index (Phi) is 4.86. The van der Waals surface area contributed by atoms with Crippen LogP contribution >= 0.6 is 11.3 Å². The molecule has 3 heterocycles. The number of aliphatic imine (C=N–C) groups is 1. The summed E-state index contributed by atoms with van der Waals surface area (Å²) in [4.78, 5) is 27.9. The molecule has 5 rings (SSSR count). The van der Waals surface area contributed by atoms with Crippen LogP contribution < -0.4 is 15.4 Å². The summed E-state index contributed by atoms with van der Waals surface area (Å²) in [6.07, 6.45) is 5.95. The van der Waals surface area contributed by atoms with Gasteiger partial charge in [0.15, 0.2) is 0 Å². The van der Waals surface area contributed by atoms with E-state index in [1.165, 1.54) is 10.4 Å². The number of nitrogens with zero attached hydrogens (tertiary/aromatic N) is 3. The number of thiophene rings is 1. The molecule has 0 spiro atoms. The minimum atomic E-state index is 0.0333. The Labute approximate surface area is 178 Å². The molecule has 2 N–H and O–H groups in total. The van der Waals surface area contributed by atoms with Crippen LogP contribution in [0.5, 0.6) is 5.75 Å². The van der Waals surface area contributed by atoms with E-state index in [0.29, 0.717) is 13.1 Å². The van der Waals surface area contributed by atoms with Crippen molar-refractivity contribution in [3.05, 3.63) is 40.0 Å². The van der Waals surface area contributed by atoms with Crippen molar-refractivity contribution in [1.29, 1.82) is 0 Å². The van der Waals surface area contributed by atoms with Crippen LogP contribution in [0.15, 0.2) is 23.5 Å². The molecule has 0 radical (unpaired) electrons. The molecule has 8 heteroatoms. The van der Waals surface area contributed by atoms with Crippen LogP contribution in [0.2, 0.25) is 0 Å². The van der Waals surface area contributed by atoms with Crippen molar-refractivity contribution in [2.24, 2.45) is 10.9 Å². The van der Waals surface area contributed by atoms with E-state index in [0.717, 1.165) is 57.9 Å². The normalized spacial score (nSPS) is 16.9. The maximum atomic E-state index is 12.3. The quantitative estimate of drug-likeness (QED) is 0.657. The van der Waals surface area contributed by atoms with Crippen LogP contribution in [-0.4, -0.2) is 35.7 Å². The number of methoxy groups -OCH3 is 1. The second-order valence-electron chi connectivity index (χ2n) is 7.59. The highest BCUT2D eigenvalue weighted by atomic mass is 32.1. The summed E-state index contributed by atoms with van der Waals surface area (Å²) in [5.41, 5.74) is 4.39. The molecule has 2 aliphatic rings. The first-order valence-corrected chi connectivity index (χ1v) is 11.0. The fourth-order valence-electron chi connectivity index (χ4n) is 4.28. The standard InChI is InChI=1S/C22H23N5O2S/c1-3-24-21(28)12-4-5-15-18(8-12)30-22-19(15)20(25-11-26-22)27-16-6-13-9-23-10-14(13)7-17(16)29-2/h6-7,9,11-12H,3-5,8,10H2,1-2H3,(H,24,28)(H,25,26,27). The Balaban J connectivity index is 1.52. The second-order valence-corrected chi connectivity index (χ2v) is 8.67. The highest BCUT2D eigenvalue weighted by molar-refractivity contribution is 7.19. The Morgan fingerprint density at radius 1 is 1.33 bits per heavy atom.